The maximum absolute atomic E-state index is 10.7. The van der Waals surface area contributed by atoms with Crippen LogP contribution in [-0.4, -0.2) is 23.4 Å². The molecule has 0 spiro atoms. The second-order valence-electron chi connectivity index (χ2n) is 6.32. The zero-order valence-corrected chi connectivity index (χ0v) is 12.5. The molecule has 2 bridgehead atoms. The van der Waals surface area contributed by atoms with E-state index < -0.39 is 11.5 Å². The van der Waals surface area contributed by atoms with Crippen LogP contribution in [0.3, 0.4) is 0 Å². The summed E-state index contributed by atoms with van der Waals surface area (Å²) in [7, 11) is 0. The van der Waals surface area contributed by atoms with Gasteiger partial charge in [0.15, 0.2) is 0 Å². The van der Waals surface area contributed by atoms with E-state index in [1.807, 2.05) is 38.1 Å². The summed E-state index contributed by atoms with van der Waals surface area (Å²) in [6.07, 6.45) is 1.78. The van der Waals surface area contributed by atoms with Crippen LogP contribution in [0.15, 0.2) is 24.3 Å². The van der Waals surface area contributed by atoms with Gasteiger partial charge in [-0.25, -0.2) is 0 Å². The lowest BCUT2D eigenvalue weighted by atomic mass is 9.69. The van der Waals surface area contributed by atoms with E-state index in [1.165, 1.54) is 0 Å². The van der Waals surface area contributed by atoms with Gasteiger partial charge in [0.1, 0.15) is 17.3 Å². The number of aliphatic hydroxyl groups excluding tert-OH is 1. The van der Waals surface area contributed by atoms with Crippen LogP contribution in [0.1, 0.15) is 44.8 Å². The Morgan fingerprint density at radius 1 is 1.33 bits per heavy atom. The molecule has 2 aliphatic heterocycles. The second kappa shape index (κ2) is 5.32. The Morgan fingerprint density at radius 2 is 2.05 bits per heavy atom. The van der Waals surface area contributed by atoms with E-state index in [4.69, 9.17) is 9.47 Å². The third kappa shape index (κ3) is 2.41. The zero-order valence-electron chi connectivity index (χ0n) is 12.5. The van der Waals surface area contributed by atoms with Crippen LogP contribution in [0.25, 0.3) is 0 Å². The highest BCUT2D eigenvalue weighted by atomic mass is 16.5. The van der Waals surface area contributed by atoms with Crippen molar-refractivity contribution in [1.29, 1.82) is 5.26 Å². The Labute approximate surface area is 125 Å². The Balaban J connectivity index is 1.81. The highest BCUT2D eigenvalue weighted by Crippen LogP contribution is 2.53. The molecule has 4 atom stereocenters. The molecular weight excluding hydrogens is 266 g/mol. The van der Waals surface area contributed by atoms with Gasteiger partial charge in [0, 0.05) is 0 Å². The Bertz CT molecular complexity index is 548. The van der Waals surface area contributed by atoms with E-state index in [2.05, 4.69) is 6.07 Å². The van der Waals surface area contributed by atoms with Gasteiger partial charge in [0.2, 0.25) is 0 Å². The number of aliphatic hydroxyl groups is 1. The van der Waals surface area contributed by atoms with Crippen LogP contribution in [0.5, 0.6) is 5.75 Å². The van der Waals surface area contributed by atoms with Crippen LogP contribution >= 0.6 is 0 Å². The van der Waals surface area contributed by atoms with Crippen LogP contribution in [-0.2, 0) is 4.74 Å². The lowest BCUT2D eigenvalue weighted by molar-refractivity contribution is 0.00339. The molecule has 0 amide bonds. The van der Waals surface area contributed by atoms with E-state index >= 15 is 0 Å². The fourth-order valence-corrected chi connectivity index (χ4v) is 3.51. The number of benzene rings is 1. The van der Waals surface area contributed by atoms with Gasteiger partial charge in [-0.3, -0.25) is 0 Å². The van der Waals surface area contributed by atoms with Gasteiger partial charge in [0.05, 0.1) is 24.4 Å². The minimum Gasteiger partial charge on any atom is -0.491 e. The predicted octanol–water partition coefficient (Wildman–Crippen LogP) is 2.97. The Kier molecular flexibility index (Phi) is 3.64. The molecule has 21 heavy (non-hydrogen) atoms. The molecule has 1 aromatic carbocycles. The summed E-state index contributed by atoms with van der Waals surface area (Å²) in [5, 5.41) is 20.4. The molecule has 2 heterocycles. The van der Waals surface area contributed by atoms with Crippen molar-refractivity contribution in [2.24, 2.45) is 5.41 Å². The minimum absolute atomic E-state index is 0.116. The van der Waals surface area contributed by atoms with E-state index in [9.17, 15) is 10.4 Å². The van der Waals surface area contributed by atoms with Gasteiger partial charge in [-0.1, -0.05) is 12.1 Å². The molecule has 2 saturated heterocycles. The molecular formula is C17H21NO3. The van der Waals surface area contributed by atoms with Crippen molar-refractivity contribution in [3.8, 4) is 11.8 Å². The van der Waals surface area contributed by atoms with E-state index in [-0.39, 0.29) is 18.3 Å². The van der Waals surface area contributed by atoms with Crippen molar-refractivity contribution >= 4 is 0 Å². The van der Waals surface area contributed by atoms with E-state index in [1.54, 1.807) is 0 Å². The first-order valence-corrected chi connectivity index (χ1v) is 7.56. The lowest BCUT2D eigenvalue weighted by Gasteiger charge is -2.33. The lowest BCUT2D eigenvalue weighted by Crippen LogP contribution is -2.37. The largest absolute Gasteiger partial charge is 0.491 e. The molecule has 0 radical (unpaired) electrons. The summed E-state index contributed by atoms with van der Waals surface area (Å²) in [5.74, 6) is 0.774. The maximum Gasteiger partial charge on any atom is 0.119 e. The van der Waals surface area contributed by atoms with Gasteiger partial charge < -0.3 is 14.6 Å². The molecule has 0 saturated carbocycles. The van der Waals surface area contributed by atoms with Crippen LogP contribution in [0, 0.1) is 16.7 Å². The number of hydrogen-bond donors (Lipinski definition) is 1. The zero-order chi connectivity index (χ0) is 15.0. The molecule has 3 rings (SSSR count). The first-order chi connectivity index (χ1) is 10.0. The molecule has 0 aliphatic carbocycles. The molecule has 4 nitrogen and oxygen atoms in total. The molecule has 2 aliphatic rings. The van der Waals surface area contributed by atoms with Gasteiger partial charge in [0.25, 0.3) is 0 Å². The smallest absolute Gasteiger partial charge is 0.119 e. The number of hydrogen-bond acceptors (Lipinski definition) is 4. The molecule has 1 N–H and O–H groups in total. The van der Waals surface area contributed by atoms with Gasteiger partial charge in [-0.2, -0.15) is 5.26 Å². The molecule has 4 heteroatoms. The second-order valence-corrected chi connectivity index (χ2v) is 6.32. The molecule has 4 unspecified atom stereocenters. The summed E-state index contributed by atoms with van der Waals surface area (Å²) < 4.78 is 11.4. The Hall–Kier alpha value is -1.57. The van der Waals surface area contributed by atoms with Crippen LogP contribution < -0.4 is 4.74 Å². The van der Waals surface area contributed by atoms with Crippen LogP contribution in [0.4, 0.5) is 0 Å². The average Bonchev–Trinajstić information content (AvgIpc) is 3.07. The van der Waals surface area contributed by atoms with Crippen molar-refractivity contribution in [2.45, 2.75) is 57.5 Å². The molecule has 112 valence electrons. The molecule has 0 aromatic heterocycles. The van der Waals surface area contributed by atoms with Crippen molar-refractivity contribution in [3.63, 3.8) is 0 Å². The highest BCUT2D eigenvalue weighted by Gasteiger charge is 2.57. The molecule has 2 fully saturated rings. The summed E-state index contributed by atoms with van der Waals surface area (Å²) in [5.41, 5.74) is -0.0487. The number of nitriles is 1. The third-order valence-electron chi connectivity index (χ3n) is 4.51. The van der Waals surface area contributed by atoms with Crippen molar-refractivity contribution in [3.05, 3.63) is 29.8 Å². The third-order valence-corrected chi connectivity index (χ3v) is 4.51. The first-order valence-electron chi connectivity index (χ1n) is 7.56. The normalized spacial score (nSPS) is 32.1. The maximum atomic E-state index is 10.7. The Morgan fingerprint density at radius 3 is 2.52 bits per heavy atom. The van der Waals surface area contributed by atoms with E-state index in [0.717, 1.165) is 24.2 Å². The number of ether oxygens (including phenoxy) is 2. The number of fused-ring (bicyclic) bond motifs is 2. The number of rotatable bonds is 4. The van der Waals surface area contributed by atoms with Gasteiger partial charge >= 0.3 is 0 Å². The van der Waals surface area contributed by atoms with Crippen molar-refractivity contribution in [1.82, 2.24) is 0 Å². The first kappa shape index (κ1) is 14.4. The van der Waals surface area contributed by atoms with E-state index in [0.29, 0.717) is 6.42 Å². The molecule has 1 aromatic rings. The van der Waals surface area contributed by atoms with Crippen molar-refractivity contribution < 1.29 is 14.6 Å². The van der Waals surface area contributed by atoms with Gasteiger partial charge in [-0.05, 0) is 50.8 Å². The summed E-state index contributed by atoms with van der Waals surface area (Å²) in [6.45, 7) is 3.94. The van der Waals surface area contributed by atoms with Crippen LogP contribution in [0.2, 0.25) is 0 Å². The minimum atomic E-state index is -0.814. The summed E-state index contributed by atoms with van der Waals surface area (Å²) in [4.78, 5) is 0. The average molecular weight is 287 g/mol. The summed E-state index contributed by atoms with van der Waals surface area (Å²) in [6, 6.07) is 9.72. The van der Waals surface area contributed by atoms with Gasteiger partial charge in [-0.15, -0.1) is 0 Å². The predicted molar refractivity (Wildman–Crippen MR) is 77.7 cm³/mol. The highest BCUT2D eigenvalue weighted by molar-refractivity contribution is 5.32. The van der Waals surface area contributed by atoms with Crippen molar-refractivity contribution in [2.75, 3.05) is 0 Å². The fourth-order valence-electron chi connectivity index (χ4n) is 3.51. The monoisotopic (exact) mass is 287 g/mol. The topological polar surface area (TPSA) is 62.5 Å². The summed E-state index contributed by atoms with van der Waals surface area (Å²) >= 11 is 0. The fraction of sp³-hybridized carbons (Fsp3) is 0.588. The quantitative estimate of drug-likeness (QED) is 0.924. The standard InChI is InChI=1S/C17H21NO3/c1-11(2)20-13-5-3-12(4-6-13)16(19)17(10-18)9-14-7-8-15(17)21-14/h3-6,11,14-16,19H,7-9H2,1-2H3. The SMILES string of the molecule is CC(C)Oc1ccc(C(O)C2(C#N)CC3CCC2O3)cc1. The number of nitrogens with zero attached hydrogens (tertiary/aromatic N) is 1.